The van der Waals surface area contributed by atoms with Crippen molar-refractivity contribution in [2.24, 2.45) is 5.92 Å². The van der Waals surface area contributed by atoms with Crippen LogP contribution in [-0.2, 0) is 18.4 Å². The SMILES string of the molecule is CCCC1(OC)C(C=O)CCC[Si]1(OC)OC. The van der Waals surface area contributed by atoms with Crippen molar-refractivity contribution in [2.75, 3.05) is 21.3 Å². The standard InChI is InChI=1S/C12H24O4Si/c1-5-8-12(14-2)11(10-13)7-6-9-17(12,15-3)16-4/h10-11H,5-9H2,1-4H3. The molecule has 1 heterocycles. The smallest absolute Gasteiger partial charge is 0.371 e. The highest BCUT2D eigenvalue weighted by Crippen LogP contribution is 2.45. The maximum absolute atomic E-state index is 11.4. The van der Waals surface area contributed by atoms with Crippen molar-refractivity contribution in [3.63, 3.8) is 0 Å². The second-order valence-electron chi connectivity index (χ2n) is 4.64. The molecule has 5 heteroatoms. The van der Waals surface area contributed by atoms with Crippen molar-refractivity contribution >= 4 is 14.8 Å². The Morgan fingerprint density at radius 1 is 1.35 bits per heavy atom. The molecule has 2 atom stereocenters. The number of hydrogen-bond acceptors (Lipinski definition) is 4. The Bertz CT molecular complexity index is 255. The van der Waals surface area contributed by atoms with Crippen LogP contribution in [0.1, 0.15) is 32.6 Å². The highest BCUT2D eigenvalue weighted by molar-refractivity contribution is 6.71. The average molecular weight is 260 g/mol. The number of ether oxygens (including phenoxy) is 1. The maximum atomic E-state index is 11.4. The Balaban J connectivity index is 3.19. The summed E-state index contributed by atoms with van der Waals surface area (Å²) in [5.74, 6) is -0.104. The highest BCUT2D eigenvalue weighted by atomic mass is 28.4. The summed E-state index contributed by atoms with van der Waals surface area (Å²) in [6.07, 6.45) is 4.66. The van der Waals surface area contributed by atoms with Gasteiger partial charge in [-0.25, -0.2) is 0 Å². The van der Waals surface area contributed by atoms with Crippen molar-refractivity contribution in [3.05, 3.63) is 0 Å². The molecule has 1 rings (SSSR count). The van der Waals surface area contributed by atoms with Gasteiger partial charge < -0.3 is 18.4 Å². The second kappa shape index (κ2) is 6.09. The Hall–Kier alpha value is -0.233. The van der Waals surface area contributed by atoms with Gasteiger partial charge in [0.25, 0.3) is 0 Å². The predicted octanol–water partition coefficient (Wildman–Crippen LogP) is 2.05. The maximum Gasteiger partial charge on any atom is 0.371 e. The van der Waals surface area contributed by atoms with Crippen LogP contribution in [0.4, 0.5) is 0 Å². The Kier molecular flexibility index (Phi) is 5.31. The van der Waals surface area contributed by atoms with Gasteiger partial charge in [0.05, 0.1) is 0 Å². The number of hydrogen-bond donors (Lipinski definition) is 0. The van der Waals surface area contributed by atoms with Crippen LogP contribution in [0.2, 0.25) is 6.04 Å². The summed E-state index contributed by atoms with van der Waals surface area (Å²) in [4.78, 5) is 11.4. The first kappa shape index (κ1) is 14.8. The fourth-order valence-electron chi connectivity index (χ4n) is 3.25. The molecule has 4 nitrogen and oxygen atoms in total. The molecule has 0 saturated carbocycles. The molecule has 0 aromatic rings. The van der Waals surface area contributed by atoms with Crippen LogP contribution in [-0.4, -0.2) is 41.4 Å². The van der Waals surface area contributed by atoms with Gasteiger partial charge in [0, 0.05) is 27.2 Å². The Morgan fingerprint density at radius 2 is 2.00 bits per heavy atom. The van der Waals surface area contributed by atoms with E-state index in [1.165, 1.54) is 0 Å². The fraction of sp³-hybridized carbons (Fsp3) is 0.917. The molecule has 0 aliphatic carbocycles. The third-order valence-electron chi connectivity index (χ3n) is 4.07. The number of carbonyl (C=O) groups excluding carboxylic acids is 1. The van der Waals surface area contributed by atoms with E-state index in [0.29, 0.717) is 0 Å². The largest absolute Gasteiger partial charge is 0.396 e. The zero-order valence-corrected chi connectivity index (χ0v) is 12.3. The third kappa shape index (κ3) is 2.21. The van der Waals surface area contributed by atoms with Crippen molar-refractivity contribution in [2.45, 2.75) is 43.9 Å². The highest BCUT2D eigenvalue weighted by Gasteiger charge is 2.62. The minimum atomic E-state index is -2.47. The number of aldehydes is 1. The van der Waals surface area contributed by atoms with Crippen LogP contribution in [0.3, 0.4) is 0 Å². The predicted molar refractivity (Wildman–Crippen MR) is 68.0 cm³/mol. The van der Waals surface area contributed by atoms with Gasteiger partial charge in [-0.2, -0.15) is 0 Å². The van der Waals surface area contributed by atoms with E-state index in [4.69, 9.17) is 13.6 Å². The normalized spacial score (nSPS) is 32.4. The minimum absolute atomic E-state index is 0.104. The molecular formula is C12H24O4Si. The average Bonchev–Trinajstić information content (AvgIpc) is 2.39. The van der Waals surface area contributed by atoms with Crippen LogP contribution < -0.4 is 0 Å². The summed E-state index contributed by atoms with van der Waals surface area (Å²) in [6.45, 7) is 2.10. The van der Waals surface area contributed by atoms with Crippen molar-refractivity contribution < 1.29 is 18.4 Å². The molecule has 1 fully saturated rings. The molecule has 0 aromatic heterocycles. The summed E-state index contributed by atoms with van der Waals surface area (Å²) in [5.41, 5.74) is 0. The van der Waals surface area contributed by atoms with Crippen LogP contribution in [0, 0.1) is 5.92 Å². The molecule has 0 radical (unpaired) electrons. The quantitative estimate of drug-likeness (QED) is 0.541. The van der Waals surface area contributed by atoms with E-state index in [0.717, 1.165) is 38.0 Å². The zero-order valence-electron chi connectivity index (χ0n) is 11.3. The second-order valence-corrected chi connectivity index (χ2v) is 8.31. The third-order valence-corrected chi connectivity index (χ3v) is 8.52. The minimum Gasteiger partial charge on any atom is -0.396 e. The van der Waals surface area contributed by atoms with Gasteiger partial charge in [-0.05, 0) is 18.9 Å². The van der Waals surface area contributed by atoms with Crippen molar-refractivity contribution in [1.29, 1.82) is 0 Å². The fourth-order valence-corrected chi connectivity index (χ4v) is 7.33. The van der Waals surface area contributed by atoms with Gasteiger partial charge >= 0.3 is 8.56 Å². The Morgan fingerprint density at radius 3 is 2.41 bits per heavy atom. The van der Waals surface area contributed by atoms with E-state index in [1.54, 1.807) is 21.3 Å². The molecule has 0 spiro atoms. The first-order valence-corrected chi connectivity index (χ1v) is 8.29. The van der Waals surface area contributed by atoms with Crippen molar-refractivity contribution in [1.82, 2.24) is 0 Å². The van der Waals surface area contributed by atoms with Gasteiger partial charge in [0.1, 0.15) is 11.5 Å². The van der Waals surface area contributed by atoms with Gasteiger partial charge in [-0.1, -0.05) is 19.8 Å². The van der Waals surface area contributed by atoms with Crippen LogP contribution in [0.25, 0.3) is 0 Å². The molecule has 100 valence electrons. The summed E-state index contributed by atoms with van der Waals surface area (Å²) in [6, 6.07) is 0.901. The zero-order chi connectivity index (χ0) is 12.9. The van der Waals surface area contributed by atoms with E-state index in [-0.39, 0.29) is 5.92 Å². The molecule has 17 heavy (non-hydrogen) atoms. The number of methoxy groups -OCH3 is 1. The number of carbonyl (C=O) groups is 1. The molecule has 2 unspecified atom stereocenters. The molecule has 1 aliphatic rings. The van der Waals surface area contributed by atoms with Gasteiger partial charge in [0.2, 0.25) is 0 Å². The van der Waals surface area contributed by atoms with E-state index in [2.05, 4.69) is 6.92 Å². The lowest BCUT2D eigenvalue weighted by molar-refractivity contribution is -0.122. The number of rotatable bonds is 6. The van der Waals surface area contributed by atoms with Crippen molar-refractivity contribution in [3.8, 4) is 0 Å². The lowest BCUT2D eigenvalue weighted by Gasteiger charge is -2.50. The molecule has 0 aromatic carbocycles. The first-order chi connectivity index (χ1) is 8.16. The summed E-state index contributed by atoms with van der Waals surface area (Å²) < 4.78 is 17.3. The lowest BCUT2D eigenvalue weighted by atomic mass is 9.93. The van der Waals surface area contributed by atoms with E-state index in [9.17, 15) is 4.79 Å². The van der Waals surface area contributed by atoms with E-state index < -0.39 is 13.8 Å². The monoisotopic (exact) mass is 260 g/mol. The molecule has 1 aliphatic heterocycles. The van der Waals surface area contributed by atoms with Crippen LogP contribution in [0.5, 0.6) is 0 Å². The molecule has 0 N–H and O–H groups in total. The van der Waals surface area contributed by atoms with E-state index in [1.807, 2.05) is 0 Å². The summed E-state index contributed by atoms with van der Waals surface area (Å²) in [7, 11) is 2.58. The van der Waals surface area contributed by atoms with E-state index >= 15 is 0 Å². The van der Waals surface area contributed by atoms with Crippen LogP contribution >= 0.6 is 0 Å². The summed E-state index contributed by atoms with van der Waals surface area (Å²) >= 11 is 0. The van der Waals surface area contributed by atoms with Gasteiger partial charge in [0.15, 0.2) is 0 Å². The van der Waals surface area contributed by atoms with Gasteiger partial charge in [-0.15, -0.1) is 0 Å². The van der Waals surface area contributed by atoms with Crippen LogP contribution in [0.15, 0.2) is 0 Å². The molecular weight excluding hydrogens is 236 g/mol. The lowest BCUT2D eigenvalue weighted by Crippen LogP contribution is -2.68. The van der Waals surface area contributed by atoms with Gasteiger partial charge in [-0.3, -0.25) is 0 Å². The molecule has 0 bridgehead atoms. The first-order valence-electron chi connectivity index (χ1n) is 6.27. The molecule has 0 amide bonds. The molecule has 1 saturated heterocycles. The topological polar surface area (TPSA) is 44.8 Å². The summed E-state index contributed by atoms with van der Waals surface area (Å²) in [5, 5.41) is -0.523. The Labute approximate surface area is 105 Å².